The van der Waals surface area contributed by atoms with Crippen LogP contribution in [0, 0.1) is 10.1 Å². The normalized spacial score (nSPS) is 10.7. The summed E-state index contributed by atoms with van der Waals surface area (Å²) in [6, 6.07) is 4.44. The Kier molecular flexibility index (Phi) is 6.08. The standard InChI is InChI=1S/C13H21N3O3/c1-3-15(4-2)8-5-9-19-11-6-7-13(16(17)18)12(14)10-11/h6-7,10H,3-5,8-9,14H2,1-2H3. The molecule has 0 bridgehead atoms. The summed E-state index contributed by atoms with van der Waals surface area (Å²) in [6.07, 6.45) is 0.915. The number of nitrogens with zero attached hydrogens (tertiary/aromatic N) is 2. The van der Waals surface area contributed by atoms with E-state index in [9.17, 15) is 10.1 Å². The zero-order valence-electron chi connectivity index (χ0n) is 11.5. The average Bonchev–Trinajstić information content (AvgIpc) is 2.38. The van der Waals surface area contributed by atoms with Gasteiger partial charge in [0.05, 0.1) is 11.5 Å². The van der Waals surface area contributed by atoms with Crippen LogP contribution < -0.4 is 10.5 Å². The number of rotatable bonds is 8. The van der Waals surface area contributed by atoms with Gasteiger partial charge in [-0.05, 0) is 25.6 Å². The van der Waals surface area contributed by atoms with Gasteiger partial charge in [0.25, 0.3) is 5.69 Å². The van der Waals surface area contributed by atoms with Crippen molar-refractivity contribution in [2.45, 2.75) is 20.3 Å². The first-order chi connectivity index (χ1) is 9.08. The molecule has 0 aliphatic heterocycles. The molecule has 0 unspecified atom stereocenters. The van der Waals surface area contributed by atoms with Crippen LogP contribution in [0.5, 0.6) is 5.75 Å². The number of hydrogen-bond acceptors (Lipinski definition) is 5. The fourth-order valence-electron chi connectivity index (χ4n) is 1.81. The van der Waals surface area contributed by atoms with Crippen molar-refractivity contribution >= 4 is 11.4 Å². The van der Waals surface area contributed by atoms with Gasteiger partial charge in [0.1, 0.15) is 11.4 Å². The largest absolute Gasteiger partial charge is 0.493 e. The Hall–Kier alpha value is -1.82. The summed E-state index contributed by atoms with van der Waals surface area (Å²) in [5.74, 6) is 0.572. The Balaban J connectivity index is 2.42. The molecule has 1 aromatic carbocycles. The van der Waals surface area contributed by atoms with Crippen molar-refractivity contribution in [3.63, 3.8) is 0 Å². The molecule has 0 fully saturated rings. The molecule has 2 N–H and O–H groups in total. The van der Waals surface area contributed by atoms with E-state index in [-0.39, 0.29) is 11.4 Å². The van der Waals surface area contributed by atoms with E-state index < -0.39 is 4.92 Å². The fraction of sp³-hybridized carbons (Fsp3) is 0.538. The van der Waals surface area contributed by atoms with E-state index in [1.165, 1.54) is 12.1 Å². The smallest absolute Gasteiger partial charge is 0.292 e. The van der Waals surface area contributed by atoms with Gasteiger partial charge >= 0.3 is 0 Å². The van der Waals surface area contributed by atoms with Crippen LogP contribution in [0.2, 0.25) is 0 Å². The zero-order valence-corrected chi connectivity index (χ0v) is 11.5. The topological polar surface area (TPSA) is 81.6 Å². The summed E-state index contributed by atoms with van der Waals surface area (Å²) in [5, 5.41) is 10.6. The Labute approximate surface area is 113 Å². The lowest BCUT2D eigenvalue weighted by molar-refractivity contribution is -0.383. The monoisotopic (exact) mass is 267 g/mol. The van der Waals surface area contributed by atoms with Gasteiger partial charge in [-0.15, -0.1) is 0 Å². The number of nitrogen functional groups attached to an aromatic ring is 1. The number of nitrogens with two attached hydrogens (primary N) is 1. The Morgan fingerprint density at radius 1 is 1.37 bits per heavy atom. The van der Waals surface area contributed by atoms with E-state index >= 15 is 0 Å². The molecular weight excluding hydrogens is 246 g/mol. The van der Waals surface area contributed by atoms with Crippen LogP contribution in [0.4, 0.5) is 11.4 Å². The first-order valence-electron chi connectivity index (χ1n) is 6.47. The summed E-state index contributed by atoms with van der Waals surface area (Å²) in [6.45, 7) is 7.87. The maximum absolute atomic E-state index is 10.6. The van der Waals surface area contributed by atoms with E-state index in [0.29, 0.717) is 12.4 Å². The maximum atomic E-state index is 10.6. The Bertz CT molecular complexity index is 420. The Morgan fingerprint density at radius 2 is 2.05 bits per heavy atom. The molecule has 0 saturated carbocycles. The second kappa shape index (κ2) is 7.58. The van der Waals surface area contributed by atoms with E-state index in [0.717, 1.165) is 26.1 Å². The van der Waals surface area contributed by atoms with Crippen molar-refractivity contribution in [3.8, 4) is 5.75 Å². The number of anilines is 1. The van der Waals surface area contributed by atoms with E-state index in [1.54, 1.807) is 6.07 Å². The lowest BCUT2D eigenvalue weighted by Gasteiger charge is -2.17. The van der Waals surface area contributed by atoms with E-state index in [4.69, 9.17) is 10.5 Å². The van der Waals surface area contributed by atoms with E-state index in [1.807, 2.05) is 0 Å². The second-order valence-electron chi connectivity index (χ2n) is 4.21. The molecule has 0 aliphatic carbocycles. The maximum Gasteiger partial charge on any atom is 0.292 e. The van der Waals surface area contributed by atoms with Gasteiger partial charge in [0.2, 0.25) is 0 Å². The molecule has 19 heavy (non-hydrogen) atoms. The molecule has 0 atom stereocenters. The van der Waals surface area contributed by atoms with Crippen LogP contribution in [0.3, 0.4) is 0 Å². The minimum absolute atomic E-state index is 0.0875. The highest BCUT2D eigenvalue weighted by atomic mass is 16.6. The molecule has 6 heteroatoms. The summed E-state index contributed by atoms with van der Waals surface area (Å²) in [7, 11) is 0. The third kappa shape index (κ3) is 4.75. The van der Waals surface area contributed by atoms with Gasteiger partial charge in [0.15, 0.2) is 0 Å². The highest BCUT2D eigenvalue weighted by Gasteiger charge is 2.11. The third-order valence-electron chi connectivity index (χ3n) is 2.98. The van der Waals surface area contributed by atoms with Crippen LogP contribution in [-0.2, 0) is 0 Å². The molecular formula is C13H21N3O3. The van der Waals surface area contributed by atoms with Crippen LogP contribution >= 0.6 is 0 Å². The number of nitro groups is 1. The molecule has 1 rings (SSSR count). The predicted octanol–water partition coefficient (Wildman–Crippen LogP) is 2.29. The fourth-order valence-corrected chi connectivity index (χ4v) is 1.81. The number of benzene rings is 1. The minimum atomic E-state index is -0.501. The third-order valence-corrected chi connectivity index (χ3v) is 2.98. The molecule has 0 spiro atoms. The van der Waals surface area contributed by atoms with Crippen LogP contribution in [0.1, 0.15) is 20.3 Å². The highest BCUT2D eigenvalue weighted by molar-refractivity contribution is 5.60. The molecule has 0 radical (unpaired) electrons. The van der Waals surface area contributed by atoms with Crippen molar-refractivity contribution in [2.24, 2.45) is 0 Å². The quantitative estimate of drug-likeness (QED) is 0.338. The number of hydrogen-bond donors (Lipinski definition) is 1. The van der Waals surface area contributed by atoms with Gasteiger partial charge < -0.3 is 15.4 Å². The summed E-state index contributed by atoms with van der Waals surface area (Å²) in [4.78, 5) is 12.4. The van der Waals surface area contributed by atoms with Gasteiger partial charge in [-0.25, -0.2) is 0 Å². The van der Waals surface area contributed by atoms with Gasteiger partial charge in [-0.2, -0.15) is 0 Å². The predicted molar refractivity (Wildman–Crippen MR) is 75.4 cm³/mol. The first-order valence-corrected chi connectivity index (χ1v) is 6.47. The minimum Gasteiger partial charge on any atom is -0.493 e. The highest BCUT2D eigenvalue weighted by Crippen LogP contribution is 2.25. The molecule has 0 aromatic heterocycles. The number of ether oxygens (including phenoxy) is 1. The molecule has 0 heterocycles. The van der Waals surface area contributed by atoms with Crippen LogP contribution in [0.25, 0.3) is 0 Å². The van der Waals surface area contributed by atoms with E-state index in [2.05, 4.69) is 18.7 Å². The van der Waals surface area contributed by atoms with Crippen LogP contribution in [-0.4, -0.2) is 36.1 Å². The second-order valence-corrected chi connectivity index (χ2v) is 4.21. The zero-order chi connectivity index (χ0) is 14.3. The molecule has 106 valence electrons. The SMILES string of the molecule is CCN(CC)CCCOc1ccc([N+](=O)[O-])c(N)c1. The van der Waals surface area contributed by atoms with Gasteiger partial charge in [-0.3, -0.25) is 10.1 Å². The van der Waals surface area contributed by atoms with Crippen molar-refractivity contribution in [1.29, 1.82) is 0 Å². The van der Waals surface area contributed by atoms with Gasteiger partial charge in [-0.1, -0.05) is 13.8 Å². The molecule has 0 aliphatic rings. The Morgan fingerprint density at radius 3 is 2.58 bits per heavy atom. The molecule has 0 saturated heterocycles. The molecule has 6 nitrogen and oxygen atoms in total. The number of nitro benzene ring substituents is 1. The first kappa shape index (κ1) is 15.2. The lowest BCUT2D eigenvalue weighted by Crippen LogP contribution is -2.25. The summed E-state index contributed by atoms with van der Waals surface area (Å²) >= 11 is 0. The van der Waals surface area contributed by atoms with Crippen LogP contribution in [0.15, 0.2) is 18.2 Å². The van der Waals surface area contributed by atoms with Gasteiger partial charge in [0, 0.05) is 18.7 Å². The van der Waals surface area contributed by atoms with Crippen molar-refractivity contribution < 1.29 is 9.66 Å². The van der Waals surface area contributed by atoms with Crippen molar-refractivity contribution in [3.05, 3.63) is 28.3 Å². The summed E-state index contributed by atoms with van der Waals surface area (Å²) < 4.78 is 5.53. The molecule has 1 aromatic rings. The molecule has 0 amide bonds. The van der Waals surface area contributed by atoms with Crippen molar-refractivity contribution in [1.82, 2.24) is 4.90 Å². The lowest BCUT2D eigenvalue weighted by atomic mass is 10.2. The average molecular weight is 267 g/mol. The summed E-state index contributed by atoms with van der Waals surface area (Å²) in [5.41, 5.74) is 5.63. The van der Waals surface area contributed by atoms with Crippen molar-refractivity contribution in [2.75, 3.05) is 32.0 Å².